The molecule has 0 spiro atoms. The number of unbranched alkanes of at least 4 members (excludes halogenated alkanes) is 49. The van der Waals surface area contributed by atoms with Crippen LogP contribution in [0.3, 0.4) is 0 Å². The molecular formula is C68H135NO8P+. The molecule has 0 radical (unpaired) electrons. The van der Waals surface area contributed by atoms with E-state index in [1.54, 1.807) is 0 Å². The van der Waals surface area contributed by atoms with Crippen LogP contribution in [0.5, 0.6) is 0 Å². The molecule has 1 N–H and O–H groups in total. The lowest BCUT2D eigenvalue weighted by molar-refractivity contribution is -0.870. The summed E-state index contributed by atoms with van der Waals surface area (Å²) in [5.41, 5.74) is 0. The maximum atomic E-state index is 12.9. The van der Waals surface area contributed by atoms with Gasteiger partial charge in [-0.15, -0.1) is 0 Å². The summed E-state index contributed by atoms with van der Waals surface area (Å²) in [6, 6.07) is 0. The summed E-state index contributed by atoms with van der Waals surface area (Å²) in [4.78, 5) is 35.8. The highest BCUT2D eigenvalue weighted by molar-refractivity contribution is 7.47. The first-order valence-corrected chi connectivity index (χ1v) is 35.9. The lowest BCUT2D eigenvalue weighted by Crippen LogP contribution is -2.37. The largest absolute Gasteiger partial charge is 0.472 e. The number of allylic oxidation sites excluding steroid dienone is 2. The highest BCUT2D eigenvalue weighted by atomic mass is 31.2. The maximum absolute atomic E-state index is 12.9. The fourth-order valence-corrected chi connectivity index (χ4v) is 11.2. The molecule has 464 valence electrons. The van der Waals surface area contributed by atoms with Crippen molar-refractivity contribution < 1.29 is 42.1 Å². The van der Waals surface area contributed by atoms with Crippen LogP contribution in [-0.2, 0) is 32.7 Å². The van der Waals surface area contributed by atoms with E-state index in [4.69, 9.17) is 18.5 Å². The van der Waals surface area contributed by atoms with E-state index in [2.05, 4.69) is 26.0 Å². The molecule has 9 nitrogen and oxygen atoms in total. The molecule has 0 rings (SSSR count). The standard InChI is InChI=1S/C68H134NO8P/c1-6-8-10-12-14-16-18-20-22-24-26-28-30-31-32-33-34-35-36-37-39-40-42-44-46-48-50-52-54-56-58-60-67(70)74-64-66(65-76-78(72,73)75-63-62-69(3,4)5)77-68(71)61-59-57-55-53-51-49-47-45-43-41-38-29-27-25-23-21-19-17-15-13-11-9-7-2/h25,27,66H,6-24,26,28-65H2,1-5H3/p+1/b27-25-. The van der Waals surface area contributed by atoms with Gasteiger partial charge in [0, 0.05) is 12.8 Å². The van der Waals surface area contributed by atoms with Crippen LogP contribution >= 0.6 is 7.82 Å². The fraction of sp³-hybridized carbons (Fsp3) is 0.941. The summed E-state index contributed by atoms with van der Waals surface area (Å²) < 4.78 is 34.7. The Labute approximate surface area is 486 Å². The van der Waals surface area contributed by atoms with Gasteiger partial charge < -0.3 is 18.9 Å². The van der Waals surface area contributed by atoms with E-state index in [9.17, 15) is 19.0 Å². The van der Waals surface area contributed by atoms with Gasteiger partial charge in [-0.05, 0) is 38.5 Å². The van der Waals surface area contributed by atoms with Gasteiger partial charge in [0.05, 0.1) is 27.7 Å². The third-order valence-electron chi connectivity index (χ3n) is 15.8. The molecule has 10 heteroatoms. The Hall–Kier alpha value is -1.25. The van der Waals surface area contributed by atoms with E-state index in [1.807, 2.05) is 21.1 Å². The minimum atomic E-state index is -4.39. The number of likely N-dealkylation sites (N-methyl/N-ethyl adjacent to an activating group) is 1. The van der Waals surface area contributed by atoms with Crippen molar-refractivity contribution in [2.24, 2.45) is 0 Å². The Morgan fingerprint density at radius 3 is 0.949 bits per heavy atom. The van der Waals surface area contributed by atoms with Crippen LogP contribution in [0, 0.1) is 0 Å². The zero-order chi connectivity index (χ0) is 57.0. The van der Waals surface area contributed by atoms with E-state index < -0.39 is 26.5 Å². The van der Waals surface area contributed by atoms with Crippen LogP contribution in [0.25, 0.3) is 0 Å². The molecule has 0 heterocycles. The Balaban J connectivity index is 3.98. The highest BCUT2D eigenvalue weighted by Gasteiger charge is 2.27. The number of esters is 2. The predicted octanol–water partition coefficient (Wildman–Crippen LogP) is 21.9. The number of rotatable bonds is 65. The zero-order valence-electron chi connectivity index (χ0n) is 52.9. The highest BCUT2D eigenvalue weighted by Crippen LogP contribution is 2.43. The van der Waals surface area contributed by atoms with Gasteiger partial charge in [-0.2, -0.15) is 0 Å². The number of carbonyl (C=O) groups is 2. The number of phosphoric ester groups is 1. The molecule has 0 aliphatic carbocycles. The summed E-state index contributed by atoms with van der Waals surface area (Å²) in [6.45, 7) is 4.51. The summed E-state index contributed by atoms with van der Waals surface area (Å²) in [5, 5.41) is 0. The van der Waals surface area contributed by atoms with Gasteiger partial charge in [-0.1, -0.05) is 321 Å². The van der Waals surface area contributed by atoms with Gasteiger partial charge in [0.25, 0.3) is 0 Å². The lowest BCUT2D eigenvalue weighted by Gasteiger charge is -2.24. The molecule has 0 saturated heterocycles. The van der Waals surface area contributed by atoms with E-state index in [0.717, 1.165) is 32.1 Å². The van der Waals surface area contributed by atoms with E-state index in [-0.39, 0.29) is 25.6 Å². The minimum Gasteiger partial charge on any atom is -0.462 e. The average molecular weight is 1130 g/mol. The first-order chi connectivity index (χ1) is 38.0. The van der Waals surface area contributed by atoms with Crippen molar-refractivity contribution in [1.29, 1.82) is 0 Å². The Morgan fingerprint density at radius 1 is 0.385 bits per heavy atom. The first kappa shape index (κ1) is 76.8. The molecule has 0 fully saturated rings. The zero-order valence-corrected chi connectivity index (χ0v) is 53.8. The summed E-state index contributed by atoms with van der Waals surface area (Å²) in [5.74, 6) is -0.774. The smallest absolute Gasteiger partial charge is 0.462 e. The first-order valence-electron chi connectivity index (χ1n) is 34.4. The molecular weight excluding hydrogens is 990 g/mol. The molecule has 2 atom stereocenters. The fourth-order valence-electron chi connectivity index (χ4n) is 10.5. The van der Waals surface area contributed by atoms with Crippen molar-refractivity contribution in [2.75, 3.05) is 47.5 Å². The Kier molecular flexibility index (Phi) is 59.4. The molecule has 2 unspecified atom stereocenters. The topological polar surface area (TPSA) is 108 Å². The number of hydrogen-bond acceptors (Lipinski definition) is 7. The molecule has 0 bridgehead atoms. The van der Waals surface area contributed by atoms with Gasteiger partial charge in [-0.25, -0.2) is 4.57 Å². The quantitative estimate of drug-likeness (QED) is 0.0211. The van der Waals surface area contributed by atoms with Crippen LogP contribution in [-0.4, -0.2) is 74.9 Å². The van der Waals surface area contributed by atoms with Crippen molar-refractivity contribution in [3.05, 3.63) is 12.2 Å². The molecule has 0 aliphatic rings. The van der Waals surface area contributed by atoms with Crippen LogP contribution < -0.4 is 0 Å². The SMILES string of the molecule is CCCCCCCCCC/C=C\CCCCCCCCCCCCCC(=O)OC(COC(=O)CCCCCCCCCCCCCCCCCCCCCCCCCCCCCCCCC)COP(=O)(O)OCC[N+](C)(C)C. The van der Waals surface area contributed by atoms with Crippen molar-refractivity contribution in [1.82, 2.24) is 0 Å². The van der Waals surface area contributed by atoms with E-state index >= 15 is 0 Å². The van der Waals surface area contributed by atoms with Gasteiger partial charge >= 0.3 is 19.8 Å². The number of quaternary nitrogens is 1. The molecule has 0 aromatic heterocycles. The predicted molar refractivity (Wildman–Crippen MR) is 335 cm³/mol. The number of phosphoric acid groups is 1. The molecule has 0 amide bonds. The maximum Gasteiger partial charge on any atom is 0.472 e. The van der Waals surface area contributed by atoms with Gasteiger partial charge in [-0.3, -0.25) is 18.6 Å². The molecule has 0 aromatic rings. The van der Waals surface area contributed by atoms with Crippen LogP contribution in [0.4, 0.5) is 0 Å². The van der Waals surface area contributed by atoms with Crippen molar-refractivity contribution in [3.8, 4) is 0 Å². The van der Waals surface area contributed by atoms with E-state index in [0.29, 0.717) is 23.9 Å². The van der Waals surface area contributed by atoms with Gasteiger partial charge in [0.1, 0.15) is 19.8 Å². The van der Waals surface area contributed by atoms with Crippen LogP contribution in [0.15, 0.2) is 12.2 Å². The van der Waals surface area contributed by atoms with Crippen molar-refractivity contribution >= 4 is 19.8 Å². The van der Waals surface area contributed by atoms with E-state index in [1.165, 1.54) is 295 Å². The number of hydrogen-bond donors (Lipinski definition) is 1. The van der Waals surface area contributed by atoms with Gasteiger partial charge in [0.2, 0.25) is 0 Å². The van der Waals surface area contributed by atoms with Crippen molar-refractivity contribution in [3.63, 3.8) is 0 Å². The number of carbonyl (C=O) groups excluding carboxylic acids is 2. The molecule has 0 saturated carbocycles. The Morgan fingerprint density at radius 2 is 0.654 bits per heavy atom. The Bertz CT molecular complexity index is 1320. The number of ether oxygens (including phenoxy) is 2. The second kappa shape index (κ2) is 60.3. The molecule has 0 aromatic carbocycles. The molecule has 78 heavy (non-hydrogen) atoms. The number of nitrogens with zero attached hydrogens (tertiary/aromatic N) is 1. The summed E-state index contributed by atoms with van der Waals surface area (Å²) >= 11 is 0. The second-order valence-corrected chi connectivity index (χ2v) is 26.4. The van der Waals surface area contributed by atoms with Crippen LogP contribution in [0.1, 0.15) is 361 Å². The monoisotopic (exact) mass is 1120 g/mol. The van der Waals surface area contributed by atoms with Crippen LogP contribution in [0.2, 0.25) is 0 Å². The third kappa shape index (κ3) is 63.9. The molecule has 0 aliphatic heterocycles. The van der Waals surface area contributed by atoms with Gasteiger partial charge in [0.15, 0.2) is 6.10 Å². The summed E-state index contributed by atoms with van der Waals surface area (Å²) in [6.07, 6.45) is 73.2. The average Bonchev–Trinajstić information content (AvgIpc) is 3.40. The summed E-state index contributed by atoms with van der Waals surface area (Å²) in [7, 11) is 1.50. The normalized spacial score (nSPS) is 13.2. The second-order valence-electron chi connectivity index (χ2n) is 24.9. The lowest BCUT2D eigenvalue weighted by atomic mass is 10.0. The minimum absolute atomic E-state index is 0.0357. The third-order valence-corrected chi connectivity index (χ3v) is 16.8. The van der Waals surface area contributed by atoms with Crippen molar-refractivity contribution in [2.45, 2.75) is 367 Å².